The lowest BCUT2D eigenvalue weighted by Gasteiger charge is -2.33. The van der Waals surface area contributed by atoms with Crippen molar-refractivity contribution >= 4 is 33.7 Å². The van der Waals surface area contributed by atoms with Crippen molar-refractivity contribution < 1.29 is 35.6 Å². The van der Waals surface area contributed by atoms with Crippen LogP contribution in [0.3, 0.4) is 0 Å². The van der Waals surface area contributed by atoms with Gasteiger partial charge in [0.2, 0.25) is 21.9 Å². The zero-order chi connectivity index (χ0) is 38.2. The van der Waals surface area contributed by atoms with E-state index in [1.54, 1.807) is 18.2 Å². The summed E-state index contributed by atoms with van der Waals surface area (Å²) in [7, 11) is -3.78. The van der Waals surface area contributed by atoms with E-state index in [0.29, 0.717) is 68.0 Å². The Labute approximate surface area is 311 Å². The third kappa shape index (κ3) is 7.98. The third-order valence-corrected chi connectivity index (χ3v) is 12.7. The molecule has 12 nitrogen and oxygen atoms in total. The first kappa shape index (κ1) is 37.8. The number of amides is 3. The van der Waals surface area contributed by atoms with Crippen LogP contribution in [-0.4, -0.2) is 95.6 Å². The van der Waals surface area contributed by atoms with Crippen LogP contribution in [0.25, 0.3) is 0 Å². The van der Waals surface area contributed by atoms with E-state index in [-0.39, 0.29) is 66.5 Å². The number of likely N-dealkylation sites (tertiary alicyclic amines) is 1. The van der Waals surface area contributed by atoms with Gasteiger partial charge < -0.3 is 5.32 Å². The lowest BCUT2D eigenvalue weighted by Crippen LogP contribution is -2.52. The maximum absolute atomic E-state index is 16.4. The Bertz CT molecular complexity index is 2030. The van der Waals surface area contributed by atoms with Gasteiger partial charge in [0.25, 0.3) is 0 Å². The second-order valence-corrected chi connectivity index (χ2v) is 16.3. The van der Waals surface area contributed by atoms with Crippen molar-refractivity contribution in [3.63, 3.8) is 0 Å². The number of nitrogens with zero attached hydrogens (tertiary/aromatic N) is 6. The maximum Gasteiger partial charge on any atom is 0.419 e. The Morgan fingerprint density at radius 2 is 1.67 bits per heavy atom. The number of aliphatic imine (C=N–C) groups is 1. The predicted molar refractivity (Wildman–Crippen MR) is 192 cm³/mol. The topological polar surface area (TPSA) is 140 Å². The number of rotatable bonds is 7. The monoisotopic (exact) mass is 770 g/mol. The first-order chi connectivity index (χ1) is 25.8. The molecule has 1 unspecified atom stereocenters. The minimum absolute atomic E-state index is 0.00626. The van der Waals surface area contributed by atoms with E-state index in [4.69, 9.17) is 0 Å². The van der Waals surface area contributed by atoms with Gasteiger partial charge in [0.05, 0.1) is 10.5 Å². The Morgan fingerprint density at radius 3 is 2.35 bits per heavy atom. The maximum atomic E-state index is 16.4. The van der Waals surface area contributed by atoms with Crippen LogP contribution in [0.15, 0.2) is 58.7 Å². The predicted octanol–water partition coefficient (Wildman–Crippen LogP) is 5.48. The third-order valence-electron chi connectivity index (χ3n) is 10.8. The molecule has 0 bridgehead atoms. The zero-order valence-electron chi connectivity index (χ0n) is 29.8. The summed E-state index contributed by atoms with van der Waals surface area (Å²) in [6.07, 6.45) is 0.0234. The number of nitrogens with one attached hydrogen (secondary N) is 2. The molecule has 0 radical (unpaired) electrons. The largest absolute Gasteiger partial charge is 0.419 e. The van der Waals surface area contributed by atoms with E-state index < -0.39 is 27.8 Å². The Balaban J connectivity index is 0.954. The minimum atomic E-state index is -4.53. The summed E-state index contributed by atoms with van der Waals surface area (Å²) < 4.78 is 83.6. The molecule has 2 N–H and O–H groups in total. The number of carbonyl (C=O) groups excluding carboxylic acids is 2. The molecule has 17 heteroatoms. The van der Waals surface area contributed by atoms with E-state index >= 15 is 4.39 Å². The number of hydrogen-bond acceptors (Lipinski definition) is 9. The van der Waals surface area contributed by atoms with Gasteiger partial charge in [-0.25, -0.2) is 27.6 Å². The normalized spacial score (nSPS) is 21.3. The van der Waals surface area contributed by atoms with Gasteiger partial charge in [0.15, 0.2) is 0 Å². The fourth-order valence-electron chi connectivity index (χ4n) is 7.78. The number of hydrogen-bond donors (Lipinski definition) is 2. The molecule has 4 aliphatic heterocycles. The van der Waals surface area contributed by atoms with Crippen LogP contribution in [0.4, 0.5) is 28.3 Å². The number of aromatic nitrogens is 2. The first-order valence-electron chi connectivity index (χ1n) is 18.2. The van der Waals surface area contributed by atoms with E-state index in [0.717, 1.165) is 30.8 Å². The lowest BCUT2D eigenvalue weighted by atomic mass is 9.83. The highest BCUT2D eigenvalue weighted by atomic mass is 32.2. The van der Waals surface area contributed by atoms with Crippen molar-refractivity contribution in [3.8, 4) is 0 Å². The Kier molecular flexibility index (Phi) is 10.7. The molecule has 5 heterocycles. The quantitative estimate of drug-likeness (QED) is 0.302. The van der Waals surface area contributed by atoms with Crippen LogP contribution >= 0.6 is 0 Å². The van der Waals surface area contributed by atoms with Gasteiger partial charge in [0, 0.05) is 68.7 Å². The number of anilines is 1. The molecular formula is C37H42F4N8O4S. The highest BCUT2D eigenvalue weighted by Gasteiger charge is 2.35. The summed E-state index contributed by atoms with van der Waals surface area (Å²) in [5.74, 6) is -0.249. The zero-order valence-corrected chi connectivity index (χ0v) is 30.6. The van der Waals surface area contributed by atoms with Crippen LogP contribution < -0.4 is 10.6 Å². The molecule has 0 spiro atoms. The molecule has 288 valence electrons. The number of halogens is 4. The second kappa shape index (κ2) is 15.3. The van der Waals surface area contributed by atoms with Crippen LogP contribution in [0.1, 0.15) is 85.1 Å². The minimum Gasteiger partial charge on any atom is -0.351 e. The second-order valence-electron chi connectivity index (χ2n) is 14.4. The standard InChI is InChI=1S/C37H42F4N8O4S/c1-23-7-13-42-34(49-18-12-31(50)46-36(49)51)30-6-5-29(33(38)32(23)30)25-8-14-47(15-9-25)22-24-3-2-4-28(19-24)54(52,53)48-16-10-27(11-17-48)45-35-43-20-26(21-44-35)37(39,40)41/h2-6,19-21,23,25,27H,7-18,22H2,1H3,(H,43,44,45)(H,46,50,51). The first-order valence-corrected chi connectivity index (χ1v) is 19.7. The average molecular weight is 771 g/mol. The van der Waals surface area contributed by atoms with Crippen molar-refractivity contribution in [1.82, 2.24) is 29.4 Å². The van der Waals surface area contributed by atoms with E-state index in [1.807, 2.05) is 25.1 Å². The Morgan fingerprint density at radius 1 is 0.944 bits per heavy atom. The van der Waals surface area contributed by atoms with Crippen molar-refractivity contribution in [2.75, 3.05) is 44.6 Å². The highest BCUT2D eigenvalue weighted by Crippen LogP contribution is 2.38. The number of amidine groups is 1. The van der Waals surface area contributed by atoms with Crippen molar-refractivity contribution in [1.29, 1.82) is 0 Å². The molecule has 1 aromatic heterocycles. The molecule has 4 aliphatic rings. The summed E-state index contributed by atoms with van der Waals surface area (Å²) in [4.78, 5) is 40.4. The van der Waals surface area contributed by atoms with Crippen LogP contribution in [0.5, 0.6) is 0 Å². The van der Waals surface area contributed by atoms with Gasteiger partial charge >= 0.3 is 12.2 Å². The van der Waals surface area contributed by atoms with Crippen molar-refractivity contribution in [2.45, 2.75) is 80.9 Å². The van der Waals surface area contributed by atoms with Crippen LogP contribution in [-0.2, 0) is 27.5 Å². The summed E-state index contributed by atoms with van der Waals surface area (Å²) >= 11 is 0. The van der Waals surface area contributed by atoms with E-state index in [9.17, 15) is 31.2 Å². The Hall–Kier alpha value is -4.48. The molecule has 54 heavy (non-hydrogen) atoms. The summed E-state index contributed by atoms with van der Waals surface area (Å²) in [6, 6.07) is 9.86. The lowest BCUT2D eigenvalue weighted by molar-refractivity contribution is -0.138. The number of benzene rings is 2. The summed E-state index contributed by atoms with van der Waals surface area (Å²) in [5, 5.41) is 5.34. The summed E-state index contributed by atoms with van der Waals surface area (Å²) in [6.45, 7) is 5.02. The van der Waals surface area contributed by atoms with Crippen LogP contribution in [0, 0.1) is 5.82 Å². The molecule has 0 saturated carbocycles. The molecule has 3 saturated heterocycles. The summed E-state index contributed by atoms with van der Waals surface area (Å²) in [5.41, 5.74) is 1.71. The van der Waals surface area contributed by atoms with Crippen molar-refractivity contribution in [3.05, 3.63) is 82.4 Å². The highest BCUT2D eigenvalue weighted by molar-refractivity contribution is 7.89. The van der Waals surface area contributed by atoms with Gasteiger partial charge in [-0.2, -0.15) is 17.5 Å². The molecular weight excluding hydrogens is 729 g/mol. The number of piperidine rings is 2. The molecule has 2 aromatic carbocycles. The number of fused-ring (bicyclic) bond motifs is 1. The van der Waals surface area contributed by atoms with E-state index in [1.165, 1.54) is 9.21 Å². The van der Waals surface area contributed by atoms with Gasteiger partial charge in [-0.05, 0) is 80.3 Å². The van der Waals surface area contributed by atoms with Gasteiger partial charge in [-0.3, -0.25) is 24.9 Å². The van der Waals surface area contributed by atoms with Gasteiger partial charge in [0.1, 0.15) is 11.7 Å². The van der Waals surface area contributed by atoms with Gasteiger partial charge in [-0.15, -0.1) is 0 Å². The number of urea groups is 1. The molecule has 0 aliphatic carbocycles. The van der Waals surface area contributed by atoms with Crippen molar-refractivity contribution in [2.24, 2.45) is 4.99 Å². The molecule has 3 amide bonds. The number of imide groups is 1. The molecule has 3 fully saturated rings. The fraction of sp³-hybridized carbons (Fsp3) is 0.486. The van der Waals surface area contributed by atoms with Crippen LogP contribution in [0.2, 0.25) is 0 Å². The molecule has 1 atom stereocenters. The number of carbonyl (C=O) groups is 2. The average Bonchev–Trinajstić information content (AvgIpc) is 3.31. The SMILES string of the molecule is CC1CCN=C(N2CCC(=O)NC2=O)c2ccc(C3CCN(Cc4cccc(S(=O)(=O)N5CCC(Nc6ncc(C(F)(F)F)cn6)CC5)c4)CC3)c(F)c21. The smallest absolute Gasteiger partial charge is 0.351 e. The van der Waals surface area contributed by atoms with Gasteiger partial charge in [-0.1, -0.05) is 31.2 Å². The number of alkyl halides is 3. The molecule has 3 aromatic rings. The number of sulfonamides is 1. The van der Waals surface area contributed by atoms with E-state index in [2.05, 4.69) is 30.5 Å². The fourth-order valence-corrected chi connectivity index (χ4v) is 9.32. The molecule has 7 rings (SSSR count).